The lowest BCUT2D eigenvalue weighted by molar-refractivity contribution is 0.408. The van der Waals surface area contributed by atoms with Gasteiger partial charge in [-0.1, -0.05) is 11.6 Å². The van der Waals surface area contributed by atoms with Crippen LogP contribution in [-0.4, -0.2) is 26.2 Å². The zero-order chi connectivity index (χ0) is 12.8. The quantitative estimate of drug-likeness (QED) is 0.767. The van der Waals surface area contributed by atoms with Gasteiger partial charge in [0.1, 0.15) is 5.75 Å². The van der Waals surface area contributed by atoms with Gasteiger partial charge in [0.05, 0.1) is 7.11 Å². The number of methoxy groups -OCH3 is 1. The minimum Gasteiger partial charge on any atom is -0.496 e. The molecule has 0 radical (unpaired) electrons. The molecule has 96 valence electrons. The predicted octanol–water partition coefficient (Wildman–Crippen LogP) is 2.14. The van der Waals surface area contributed by atoms with E-state index < -0.39 is 0 Å². The van der Waals surface area contributed by atoms with E-state index in [2.05, 4.69) is 5.32 Å². The number of nitrogens with two attached hydrogens (primary N) is 1. The molecule has 0 spiro atoms. The van der Waals surface area contributed by atoms with E-state index in [0.717, 1.165) is 41.4 Å². The molecule has 1 aromatic rings. The Morgan fingerprint density at radius 2 is 2.18 bits per heavy atom. The predicted molar refractivity (Wildman–Crippen MR) is 73.0 cm³/mol. The van der Waals surface area contributed by atoms with E-state index in [1.807, 2.05) is 26.0 Å². The van der Waals surface area contributed by atoms with E-state index in [-0.39, 0.29) is 6.04 Å². The van der Waals surface area contributed by atoms with Gasteiger partial charge in [0.2, 0.25) is 0 Å². The summed E-state index contributed by atoms with van der Waals surface area (Å²) in [5.74, 6) is 0.898. The van der Waals surface area contributed by atoms with Gasteiger partial charge in [0.15, 0.2) is 0 Å². The highest BCUT2D eigenvalue weighted by molar-refractivity contribution is 6.31. The Bertz CT molecular complexity index is 367. The van der Waals surface area contributed by atoms with E-state index in [0.29, 0.717) is 0 Å². The van der Waals surface area contributed by atoms with E-state index in [1.54, 1.807) is 7.11 Å². The third-order valence-corrected chi connectivity index (χ3v) is 3.01. The van der Waals surface area contributed by atoms with Crippen LogP contribution in [0, 0.1) is 6.92 Å². The van der Waals surface area contributed by atoms with E-state index in [9.17, 15) is 0 Å². The molecule has 4 heteroatoms. The van der Waals surface area contributed by atoms with Gasteiger partial charge in [-0.15, -0.1) is 0 Å². The fourth-order valence-corrected chi connectivity index (χ4v) is 1.82. The molecule has 1 unspecified atom stereocenters. The van der Waals surface area contributed by atoms with Crippen molar-refractivity contribution in [2.75, 3.05) is 20.2 Å². The normalized spacial score (nSPS) is 12.5. The summed E-state index contributed by atoms with van der Waals surface area (Å²) in [4.78, 5) is 0. The summed E-state index contributed by atoms with van der Waals surface area (Å²) in [5.41, 5.74) is 7.83. The zero-order valence-electron chi connectivity index (χ0n) is 10.7. The molecule has 0 aromatic heterocycles. The van der Waals surface area contributed by atoms with Gasteiger partial charge in [-0.3, -0.25) is 0 Å². The minimum absolute atomic E-state index is 0.179. The van der Waals surface area contributed by atoms with Gasteiger partial charge < -0.3 is 15.8 Å². The summed E-state index contributed by atoms with van der Waals surface area (Å²) in [5, 5.41) is 4.08. The molecule has 0 saturated carbocycles. The van der Waals surface area contributed by atoms with Crippen molar-refractivity contribution in [1.82, 2.24) is 5.32 Å². The second-order valence-electron chi connectivity index (χ2n) is 4.34. The second-order valence-corrected chi connectivity index (χ2v) is 4.75. The summed E-state index contributed by atoms with van der Waals surface area (Å²) >= 11 is 6.11. The van der Waals surface area contributed by atoms with Gasteiger partial charge >= 0.3 is 0 Å². The molecule has 0 amide bonds. The minimum atomic E-state index is 0.179. The van der Waals surface area contributed by atoms with Crippen molar-refractivity contribution < 1.29 is 4.74 Å². The van der Waals surface area contributed by atoms with E-state index in [1.165, 1.54) is 0 Å². The second kappa shape index (κ2) is 6.84. The third kappa shape index (κ3) is 4.54. The van der Waals surface area contributed by atoms with Crippen molar-refractivity contribution >= 4 is 11.6 Å². The van der Waals surface area contributed by atoms with Crippen molar-refractivity contribution in [2.24, 2.45) is 5.73 Å². The van der Waals surface area contributed by atoms with Crippen molar-refractivity contribution in [2.45, 2.75) is 26.3 Å². The number of rotatable bonds is 6. The van der Waals surface area contributed by atoms with Crippen molar-refractivity contribution in [3.05, 3.63) is 28.3 Å². The Labute approximate surface area is 108 Å². The molecule has 0 heterocycles. The maximum atomic E-state index is 6.11. The van der Waals surface area contributed by atoms with Crippen LogP contribution in [0.4, 0.5) is 0 Å². The lowest BCUT2D eigenvalue weighted by Gasteiger charge is -2.12. The Hall–Kier alpha value is -0.770. The van der Waals surface area contributed by atoms with E-state index >= 15 is 0 Å². The average Bonchev–Trinajstić information content (AvgIpc) is 2.28. The van der Waals surface area contributed by atoms with Crippen LogP contribution in [0.2, 0.25) is 5.02 Å². The van der Waals surface area contributed by atoms with Crippen LogP contribution in [0.1, 0.15) is 18.1 Å². The van der Waals surface area contributed by atoms with E-state index in [4.69, 9.17) is 22.1 Å². The number of halogens is 1. The van der Waals surface area contributed by atoms with Gasteiger partial charge in [-0.2, -0.15) is 0 Å². The molecule has 0 fully saturated rings. The Morgan fingerprint density at radius 3 is 2.76 bits per heavy atom. The summed E-state index contributed by atoms with van der Waals surface area (Å²) < 4.78 is 5.35. The van der Waals surface area contributed by atoms with Gasteiger partial charge in [-0.25, -0.2) is 0 Å². The molecule has 1 rings (SSSR count). The maximum absolute atomic E-state index is 6.11. The average molecular weight is 257 g/mol. The van der Waals surface area contributed by atoms with Crippen LogP contribution in [0.3, 0.4) is 0 Å². The first kappa shape index (κ1) is 14.3. The molecule has 3 N–H and O–H groups in total. The molecule has 1 aromatic carbocycles. The number of nitrogens with one attached hydrogen (secondary N) is 1. The van der Waals surface area contributed by atoms with Crippen LogP contribution >= 0.6 is 11.6 Å². The van der Waals surface area contributed by atoms with Crippen LogP contribution < -0.4 is 15.8 Å². The molecule has 3 nitrogen and oxygen atoms in total. The summed E-state index contributed by atoms with van der Waals surface area (Å²) in [7, 11) is 1.68. The first-order valence-corrected chi connectivity index (χ1v) is 6.21. The molecule has 0 aliphatic carbocycles. The molecule has 17 heavy (non-hydrogen) atoms. The fraction of sp³-hybridized carbons (Fsp3) is 0.538. The van der Waals surface area contributed by atoms with Gasteiger partial charge in [-0.05, 0) is 50.1 Å². The van der Waals surface area contributed by atoms with Crippen molar-refractivity contribution in [3.8, 4) is 5.75 Å². The molecule has 0 saturated heterocycles. The summed E-state index contributed by atoms with van der Waals surface area (Å²) in [6.45, 7) is 5.65. The summed E-state index contributed by atoms with van der Waals surface area (Å²) in [6, 6.07) is 4.13. The number of hydrogen-bond donors (Lipinski definition) is 2. The zero-order valence-corrected chi connectivity index (χ0v) is 11.5. The molecule has 0 bridgehead atoms. The highest BCUT2D eigenvalue weighted by Crippen LogP contribution is 2.26. The van der Waals surface area contributed by atoms with Crippen LogP contribution in [0.5, 0.6) is 5.75 Å². The first-order chi connectivity index (χ1) is 8.04. The third-order valence-electron chi connectivity index (χ3n) is 2.60. The lowest BCUT2D eigenvalue weighted by atomic mass is 10.1. The largest absolute Gasteiger partial charge is 0.496 e. The monoisotopic (exact) mass is 256 g/mol. The Morgan fingerprint density at radius 1 is 1.47 bits per heavy atom. The molecule has 0 aliphatic heterocycles. The van der Waals surface area contributed by atoms with Crippen molar-refractivity contribution in [3.63, 3.8) is 0 Å². The fourth-order valence-electron chi connectivity index (χ4n) is 1.63. The molecule has 1 atom stereocenters. The number of benzene rings is 1. The molecule has 0 aliphatic rings. The smallest absolute Gasteiger partial charge is 0.122 e. The number of hydrogen-bond acceptors (Lipinski definition) is 3. The van der Waals surface area contributed by atoms with Crippen LogP contribution in [-0.2, 0) is 6.42 Å². The van der Waals surface area contributed by atoms with Crippen LogP contribution in [0.25, 0.3) is 0 Å². The Kier molecular flexibility index (Phi) is 5.75. The van der Waals surface area contributed by atoms with Crippen LogP contribution in [0.15, 0.2) is 12.1 Å². The number of ether oxygens (including phenoxy) is 1. The van der Waals surface area contributed by atoms with Gasteiger partial charge in [0, 0.05) is 17.6 Å². The lowest BCUT2D eigenvalue weighted by Crippen LogP contribution is -2.32. The highest BCUT2D eigenvalue weighted by atomic mass is 35.5. The summed E-state index contributed by atoms with van der Waals surface area (Å²) in [6.07, 6.45) is 0.885. The first-order valence-electron chi connectivity index (χ1n) is 5.84. The topological polar surface area (TPSA) is 47.3 Å². The molecular formula is C13H21ClN2O. The maximum Gasteiger partial charge on any atom is 0.122 e. The van der Waals surface area contributed by atoms with Crippen molar-refractivity contribution in [1.29, 1.82) is 0 Å². The highest BCUT2D eigenvalue weighted by Gasteiger charge is 2.06. The molecular weight excluding hydrogens is 236 g/mol. The standard InChI is InChI=1S/C13H21ClN2O/c1-9-6-13(17-3)11(7-12(9)14)4-5-16-8-10(2)15/h6-7,10,16H,4-5,8,15H2,1-3H3. The number of aryl methyl sites for hydroxylation is 1. The van der Waals surface area contributed by atoms with Gasteiger partial charge in [0.25, 0.3) is 0 Å². The SMILES string of the molecule is COc1cc(C)c(Cl)cc1CCNCC(C)N. The Balaban J connectivity index is 2.60.